The summed E-state index contributed by atoms with van der Waals surface area (Å²) >= 11 is 0. The molecule has 2 aromatic heterocycles. The van der Waals surface area contributed by atoms with E-state index in [4.69, 9.17) is 54.3 Å². The Balaban J connectivity index is 0.542. The van der Waals surface area contributed by atoms with Crippen LogP contribution in [0.25, 0.3) is 32.9 Å². The van der Waals surface area contributed by atoms with E-state index < -0.39 is 52.9 Å². The summed E-state index contributed by atoms with van der Waals surface area (Å²) in [6.45, 7) is 11.6. The van der Waals surface area contributed by atoms with Crippen LogP contribution in [0.1, 0.15) is 71.2 Å². The molecule has 0 saturated carbocycles. The molecular formula is C64H74F2N10O13. The predicted molar refractivity (Wildman–Crippen MR) is 322 cm³/mol. The SMILES string of the molecule is C#Cc1c(F)ccc2cccc(-c3ncc4c(N5CC6CCC(C5)N6)nc(OC[C@@]56CC[C@@H](COC(=O)N(C)CCOCCOCCOCCOCCOCCOCCNc7cccc8c7C(=O)N(C7CCC(=O)NC7=O)C8=O)N5CC(=C)C6)nc4c3F)c12. The number of piperidine rings is 1. The third kappa shape index (κ3) is 14.1. The molecule has 11 rings (SSSR count). The maximum Gasteiger partial charge on any atom is 0.409 e. The number of halogens is 2. The van der Waals surface area contributed by atoms with Gasteiger partial charge in [-0.2, -0.15) is 9.97 Å². The van der Waals surface area contributed by atoms with E-state index in [1.807, 2.05) is 0 Å². The Kier molecular flexibility index (Phi) is 20.3. The van der Waals surface area contributed by atoms with Gasteiger partial charge in [0.15, 0.2) is 5.82 Å². The van der Waals surface area contributed by atoms with Gasteiger partial charge >= 0.3 is 12.1 Å². The summed E-state index contributed by atoms with van der Waals surface area (Å²) in [7, 11) is 1.67. The number of terminal acetylenes is 1. The fraction of sp³-hybridized carbons (Fsp3) is 0.500. The molecule has 0 radical (unpaired) electrons. The largest absolute Gasteiger partial charge is 0.461 e. The molecule has 0 aliphatic carbocycles. The first-order valence-electron chi connectivity index (χ1n) is 30.3. The molecule has 5 atom stereocenters. The zero-order valence-corrected chi connectivity index (χ0v) is 49.9. The second kappa shape index (κ2) is 28.8. The number of ether oxygens (including phenoxy) is 8. The van der Waals surface area contributed by atoms with Crippen LogP contribution in [0.15, 0.2) is 66.9 Å². The fourth-order valence-corrected chi connectivity index (χ4v) is 12.8. The lowest BCUT2D eigenvalue weighted by Crippen LogP contribution is -2.54. The van der Waals surface area contributed by atoms with Gasteiger partial charge in [0.05, 0.1) is 107 Å². The highest BCUT2D eigenvalue weighted by Crippen LogP contribution is 2.45. The topological polar surface area (TPSA) is 247 Å². The van der Waals surface area contributed by atoms with Crippen molar-refractivity contribution in [1.82, 2.24) is 40.3 Å². The van der Waals surface area contributed by atoms with E-state index in [2.05, 4.69) is 43.2 Å². The van der Waals surface area contributed by atoms with Gasteiger partial charge in [0.2, 0.25) is 11.8 Å². The van der Waals surface area contributed by atoms with Crippen molar-refractivity contribution < 1.29 is 70.6 Å². The molecule has 472 valence electrons. The van der Waals surface area contributed by atoms with Gasteiger partial charge in [0.25, 0.3) is 11.8 Å². The summed E-state index contributed by atoms with van der Waals surface area (Å²) in [4.78, 5) is 84.7. The highest BCUT2D eigenvalue weighted by Gasteiger charge is 2.52. The van der Waals surface area contributed by atoms with E-state index in [0.717, 1.165) is 36.2 Å². The Morgan fingerprint density at radius 3 is 2.20 bits per heavy atom. The molecule has 25 heteroatoms. The van der Waals surface area contributed by atoms with Crippen LogP contribution in [0.2, 0.25) is 0 Å². The van der Waals surface area contributed by atoms with Crippen LogP contribution >= 0.6 is 0 Å². The number of fused-ring (bicyclic) bond motifs is 6. The zero-order chi connectivity index (χ0) is 62.0. The van der Waals surface area contributed by atoms with Gasteiger partial charge < -0.3 is 58.3 Å². The number of piperazine rings is 1. The molecule has 3 unspecified atom stereocenters. The number of carbonyl (C=O) groups excluding carboxylic acids is 5. The van der Waals surface area contributed by atoms with Crippen LogP contribution in [0.5, 0.6) is 6.01 Å². The first kappa shape index (κ1) is 62.8. The number of rotatable bonds is 30. The maximum atomic E-state index is 17.2. The number of amides is 5. The minimum atomic E-state index is -1.03. The number of aromatic nitrogens is 3. The molecule has 8 heterocycles. The lowest BCUT2D eigenvalue weighted by Gasteiger charge is -2.35. The van der Waals surface area contributed by atoms with E-state index in [9.17, 15) is 24.0 Å². The fourth-order valence-electron chi connectivity index (χ4n) is 12.8. The third-order valence-electron chi connectivity index (χ3n) is 17.2. The van der Waals surface area contributed by atoms with Gasteiger partial charge in [0.1, 0.15) is 42.1 Å². The summed E-state index contributed by atoms with van der Waals surface area (Å²) in [6.07, 6.45) is 11.3. The second-order valence-corrected chi connectivity index (χ2v) is 23.1. The van der Waals surface area contributed by atoms with E-state index in [-0.39, 0.29) is 78.1 Å². The molecule has 5 fully saturated rings. The predicted octanol–water partition coefficient (Wildman–Crippen LogP) is 5.27. The lowest BCUT2D eigenvalue weighted by molar-refractivity contribution is -0.136. The molecule has 6 aliphatic rings. The molecule has 3 aromatic carbocycles. The van der Waals surface area contributed by atoms with Gasteiger partial charge in [-0.15, -0.1) is 6.42 Å². The van der Waals surface area contributed by atoms with E-state index in [1.54, 1.807) is 55.7 Å². The molecule has 5 amide bonds. The number of nitrogens with one attached hydrogen (secondary N) is 3. The summed E-state index contributed by atoms with van der Waals surface area (Å²) in [5.74, 6) is -0.514. The van der Waals surface area contributed by atoms with Crippen LogP contribution < -0.4 is 25.6 Å². The molecule has 23 nitrogen and oxygen atoms in total. The van der Waals surface area contributed by atoms with Crippen molar-refractivity contribution in [1.29, 1.82) is 0 Å². The van der Waals surface area contributed by atoms with Crippen molar-refractivity contribution in [2.24, 2.45) is 0 Å². The quantitative estimate of drug-likeness (QED) is 0.0229. The highest BCUT2D eigenvalue weighted by atomic mass is 19.1. The second-order valence-electron chi connectivity index (χ2n) is 23.1. The first-order valence-corrected chi connectivity index (χ1v) is 30.3. The van der Waals surface area contributed by atoms with Crippen molar-refractivity contribution in [2.75, 3.05) is 142 Å². The number of carbonyl (C=O) groups is 5. The van der Waals surface area contributed by atoms with Crippen LogP contribution in [-0.4, -0.2) is 221 Å². The van der Waals surface area contributed by atoms with Crippen molar-refractivity contribution in [3.05, 3.63) is 95.2 Å². The summed E-state index contributed by atoms with van der Waals surface area (Å²) in [5, 5.41) is 10.5. The number of pyridine rings is 1. The Morgan fingerprint density at radius 1 is 0.831 bits per heavy atom. The Morgan fingerprint density at radius 2 is 1.51 bits per heavy atom. The monoisotopic (exact) mass is 1230 g/mol. The molecule has 2 bridgehead atoms. The lowest BCUT2D eigenvalue weighted by atomic mass is 9.94. The normalized spacial score (nSPS) is 21.4. The molecule has 5 aromatic rings. The maximum absolute atomic E-state index is 17.2. The average Bonchev–Trinajstić information content (AvgIpc) is 1.80. The Hall–Kier alpha value is -7.80. The van der Waals surface area contributed by atoms with Crippen LogP contribution in [0.3, 0.4) is 0 Å². The van der Waals surface area contributed by atoms with Gasteiger partial charge in [-0.25, -0.2) is 13.6 Å². The number of anilines is 2. The third-order valence-corrected chi connectivity index (χ3v) is 17.2. The van der Waals surface area contributed by atoms with Gasteiger partial charge in [-0.1, -0.05) is 48.4 Å². The van der Waals surface area contributed by atoms with E-state index >= 15 is 8.78 Å². The highest BCUT2D eigenvalue weighted by molar-refractivity contribution is 6.25. The Bertz CT molecular complexity index is 3510. The molecular weight excluding hydrogens is 1150 g/mol. The van der Waals surface area contributed by atoms with Gasteiger partial charge in [0, 0.05) is 87.2 Å². The minimum absolute atomic E-state index is 0.0116. The van der Waals surface area contributed by atoms with E-state index in [1.165, 1.54) is 11.0 Å². The number of hydrogen-bond acceptors (Lipinski definition) is 20. The molecule has 5 saturated heterocycles. The number of imide groups is 2. The van der Waals surface area contributed by atoms with Crippen LogP contribution in [0, 0.1) is 24.0 Å². The summed E-state index contributed by atoms with van der Waals surface area (Å²) in [5.41, 5.74) is 1.82. The standard InChI is InChI=1S/C64H74F2N10O13/c1-4-45-49(65)14-11-41-7-5-8-46(53(41)45)56-55(66)57-48(34-68-56)58(74-36-42-12-13-43(37-74)69-42)72-62(71-57)89-39-64-18-17-44(75(64)35-40(2)33-64)38-88-63(81)73(3)20-22-83-24-26-85-28-30-87-32-31-86-29-27-84-25-23-82-21-19-67-50-10-6-9-47-54(50)61(80)76(60(47)79)51-15-16-52(77)70-59(51)78/h1,5-11,14,34,42-44,51,67,69H,2,12-13,15-33,35-39H2,3H3,(H,70,77,78)/t42?,43?,44-,51?,64-/m0/s1. The van der Waals surface area contributed by atoms with Crippen molar-refractivity contribution >= 4 is 62.9 Å². The molecule has 3 N–H and O–H groups in total. The summed E-state index contributed by atoms with van der Waals surface area (Å²) < 4.78 is 78.4. The zero-order valence-electron chi connectivity index (χ0n) is 49.9. The first-order chi connectivity index (χ1) is 43.3. The minimum Gasteiger partial charge on any atom is -0.461 e. The van der Waals surface area contributed by atoms with Gasteiger partial charge in [-0.05, 0) is 62.1 Å². The average molecular weight is 1230 g/mol. The van der Waals surface area contributed by atoms with Crippen LogP contribution in [-0.2, 0) is 42.7 Å². The number of likely N-dealkylation sites (N-methyl/N-ethyl adjacent to an activating group) is 1. The summed E-state index contributed by atoms with van der Waals surface area (Å²) in [6, 6.07) is 12.5. The van der Waals surface area contributed by atoms with Crippen molar-refractivity contribution in [3.8, 4) is 29.6 Å². The molecule has 0 spiro atoms. The van der Waals surface area contributed by atoms with Crippen molar-refractivity contribution in [2.45, 2.75) is 74.7 Å². The smallest absolute Gasteiger partial charge is 0.409 e. The number of benzene rings is 3. The van der Waals surface area contributed by atoms with E-state index in [0.29, 0.717) is 152 Å². The van der Waals surface area contributed by atoms with Gasteiger partial charge in [-0.3, -0.25) is 39.3 Å². The molecule has 6 aliphatic heterocycles. The Labute approximate surface area is 514 Å². The van der Waals surface area contributed by atoms with Crippen molar-refractivity contribution in [3.63, 3.8) is 0 Å². The van der Waals surface area contributed by atoms with Crippen LogP contribution in [0.4, 0.5) is 25.1 Å². The number of hydrogen-bond donors (Lipinski definition) is 3. The molecule has 89 heavy (non-hydrogen) atoms. The number of nitrogens with zero attached hydrogens (tertiary/aromatic N) is 7.